The van der Waals surface area contributed by atoms with E-state index in [9.17, 15) is 4.79 Å². The molecule has 20 heavy (non-hydrogen) atoms. The fourth-order valence-corrected chi connectivity index (χ4v) is 2.34. The Morgan fingerprint density at radius 2 is 2.15 bits per heavy atom. The number of carbonyl (C=O) groups is 1. The number of hydrogen-bond donors (Lipinski definition) is 2. The van der Waals surface area contributed by atoms with Gasteiger partial charge in [0.2, 0.25) is 0 Å². The van der Waals surface area contributed by atoms with Gasteiger partial charge in [-0.25, -0.2) is 0 Å². The first-order valence-corrected chi connectivity index (χ1v) is 6.46. The van der Waals surface area contributed by atoms with E-state index in [4.69, 9.17) is 5.11 Å². The summed E-state index contributed by atoms with van der Waals surface area (Å²) in [6.07, 6.45) is 6.14. The van der Waals surface area contributed by atoms with Crippen molar-refractivity contribution in [2.45, 2.75) is 12.8 Å². The van der Waals surface area contributed by atoms with E-state index in [1.807, 2.05) is 36.7 Å². The number of H-pyrrole nitrogens is 1. The number of nitrogens with zero attached hydrogens (tertiary/aromatic N) is 1. The fraction of sp³-hybridized carbons (Fsp3) is 0.125. The average Bonchev–Trinajstić information content (AvgIpc) is 2.88. The topological polar surface area (TPSA) is 66.0 Å². The first-order valence-electron chi connectivity index (χ1n) is 6.46. The minimum Gasteiger partial charge on any atom is -0.481 e. The van der Waals surface area contributed by atoms with Crippen LogP contribution in [0.2, 0.25) is 0 Å². The van der Waals surface area contributed by atoms with Gasteiger partial charge in [-0.2, -0.15) is 0 Å². The van der Waals surface area contributed by atoms with Crippen molar-refractivity contribution in [3.8, 4) is 11.1 Å². The van der Waals surface area contributed by atoms with Crippen molar-refractivity contribution >= 4 is 16.9 Å². The van der Waals surface area contributed by atoms with Crippen molar-refractivity contribution in [2.24, 2.45) is 0 Å². The molecule has 3 rings (SSSR count). The lowest BCUT2D eigenvalue weighted by molar-refractivity contribution is -0.136. The Kier molecular flexibility index (Phi) is 3.21. The Morgan fingerprint density at radius 1 is 1.25 bits per heavy atom. The molecule has 1 aromatic carbocycles. The number of aromatic amines is 1. The molecular formula is C16H14N2O2. The monoisotopic (exact) mass is 266 g/mol. The van der Waals surface area contributed by atoms with Crippen LogP contribution in [-0.2, 0) is 11.2 Å². The Morgan fingerprint density at radius 3 is 2.90 bits per heavy atom. The van der Waals surface area contributed by atoms with Crippen molar-refractivity contribution < 1.29 is 9.90 Å². The molecule has 0 aliphatic rings. The molecule has 4 nitrogen and oxygen atoms in total. The fourth-order valence-electron chi connectivity index (χ4n) is 2.34. The van der Waals surface area contributed by atoms with E-state index in [0.29, 0.717) is 6.42 Å². The third-order valence-electron chi connectivity index (χ3n) is 3.37. The normalized spacial score (nSPS) is 10.8. The van der Waals surface area contributed by atoms with Gasteiger partial charge in [0.25, 0.3) is 0 Å². The van der Waals surface area contributed by atoms with Crippen LogP contribution >= 0.6 is 0 Å². The first-order chi connectivity index (χ1) is 9.74. The minimum absolute atomic E-state index is 0.143. The summed E-state index contributed by atoms with van der Waals surface area (Å²) >= 11 is 0. The largest absolute Gasteiger partial charge is 0.481 e. The lowest BCUT2D eigenvalue weighted by Crippen LogP contribution is -1.96. The summed E-state index contributed by atoms with van der Waals surface area (Å²) in [7, 11) is 0. The number of aromatic nitrogens is 2. The molecule has 0 unspecified atom stereocenters. The summed E-state index contributed by atoms with van der Waals surface area (Å²) in [5, 5.41) is 9.87. The number of carboxylic acids is 1. The number of fused-ring (bicyclic) bond motifs is 1. The van der Waals surface area contributed by atoms with Crippen molar-refractivity contribution in [2.75, 3.05) is 0 Å². The van der Waals surface area contributed by atoms with Crippen LogP contribution in [-0.4, -0.2) is 21.0 Å². The molecule has 0 fully saturated rings. The van der Waals surface area contributed by atoms with E-state index in [-0.39, 0.29) is 6.42 Å². The molecule has 4 heteroatoms. The highest BCUT2D eigenvalue weighted by atomic mass is 16.4. The second-order valence-corrected chi connectivity index (χ2v) is 4.71. The summed E-state index contributed by atoms with van der Waals surface area (Å²) in [6.45, 7) is 0. The molecule has 0 spiro atoms. The predicted molar refractivity (Wildman–Crippen MR) is 77.5 cm³/mol. The smallest absolute Gasteiger partial charge is 0.303 e. The van der Waals surface area contributed by atoms with E-state index in [1.54, 1.807) is 6.20 Å². The third-order valence-corrected chi connectivity index (χ3v) is 3.37. The molecule has 0 saturated carbocycles. The maximum Gasteiger partial charge on any atom is 0.303 e. The lowest BCUT2D eigenvalue weighted by atomic mass is 10.0. The van der Waals surface area contributed by atoms with Crippen LogP contribution in [0, 0.1) is 0 Å². The maximum atomic E-state index is 10.7. The van der Waals surface area contributed by atoms with Crippen LogP contribution in [0.5, 0.6) is 0 Å². The number of hydrogen-bond acceptors (Lipinski definition) is 2. The van der Waals surface area contributed by atoms with Gasteiger partial charge in [0.05, 0.1) is 0 Å². The Labute approximate surface area is 116 Å². The zero-order valence-corrected chi connectivity index (χ0v) is 10.8. The number of benzene rings is 1. The van der Waals surface area contributed by atoms with Gasteiger partial charge in [0, 0.05) is 41.5 Å². The Hall–Kier alpha value is -2.62. The average molecular weight is 266 g/mol. The molecular weight excluding hydrogens is 252 g/mol. The summed E-state index contributed by atoms with van der Waals surface area (Å²) < 4.78 is 0. The van der Waals surface area contributed by atoms with Crippen molar-refractivity contribution in [3.05, 3.63) is 54.5 Å². The predicted octanol–water partition coefficient (Wildman–Crippen LogP) is 3.25. The second kappa shape index (κ2) is 5.17. The van der Waals surface area contributed by atoms with Crippen LogP contribution < -0.4 is 0 Å². The number of aryl methyl sites for hydroxylation is 1. The molecule has 0 saturated heterocycles. The molecule has 3 aromatic rings. The Balaban J connectivity index is 2.01. The van der Waals surface area contributed by atoms with Crippen molar-refractivity contribution in [1.82, 2.24) is 9.97 Å². The zero-order valence-electron chi connectivity index (χ0n) is 10.8. The first kappa shape index (κ1) is 12.4. The highest BCUT2D eigenvalue weighted by molar-refractivity contribution is 5.88. The van der Waals surface area contributed by atoms with E-state index in [0.717, 1.165) is 27.6 Å². The van der Waals surface area contributed by atoms with E-state index in [2.05, 4.69) is 16.0 Å². The van der Waals surface area contributed by atoms with Crippen LogP contribution in [0.3, 0.4) is 0 Å². The van der Waals surface area contributed by atoms with Gasteiger partial charge in [-0.1, -0.05) is 12.1 Å². The van der Waals surface area contributed by atoms with Crippen LogP contribution in [0.4, 0.5) is 0 Å². The van der Waals surface area contributed by atoms with Gasteiger partial charge in [-0.15, -0.1) is 0 Å². The Bertz CT molecular complexity index is 748. The molecule has 0 aliphatic heterocycles. The highest BCUT2D eigenvalue weighted by Crippen LogP contribution is 2.26. The van der Waals surface area contributed by atoms with Crippen molar-refractivity contribution in [3.63, 3.8) is 0 Å². The summed E-state index contributed by atoms with van der Waals surface area (Å²) in [5.41, 5.74) is 4.20. The van der Waals surface area contributed by atoms with Crippen LogP contribution in [0.15, 0.2) is 48.9 Å². The number of pyridine rings is 1. The van der Waals surface area contributed by atoms with E-state index >= 15 is 0 Å². The van der Waals surface area contributed by atoms with Gasteiger partial charge in [-0.05, 0) is 35.7 Å². The van der Waals surface area contributed by atoms with Gasteiger partial charge < -0.3 is 10.1 Å². The SMILES string of the molecule is O=C(O)CCc1c[nH]c2ccc(-c3cccnc3)cc12. The van der Waals surface area contributed by atoms with Gasteiger partial charge >= 0.3 is 5.97 Å². The van der Waals surface area contributed by atoms with E-state index < -0.39 is 5.97 Å². The summed E-state index contributed by atoms with van der Waals surface area (Å²) in [4.78, 5) is 18.0. The molecule has 0 atom stereocenters. The van der Waals surface area contributed by atoms with Crippen LogP contribution in [0.1, 0.15) is 12.0 Å². The molecule has 0 amide bonds. The summed E-state index contributed by atoms with van der Waals surface area (Å²) in [5.74, 6) is -0.775. The van der Waals surface area contributed by atoms with E-state index in [1.165, 1.54) is 0 Å². The number of rotatable bonds is 4. The summed E-state index contributed by atoms with van der Waals surface area (Å²) in [6, 6.07) is 10.1. The second-order valence-electron chi connectivity index (χ2n) is 4.71. The molecule has 0 aliphatic carbocycles. The minimum atomic E-state index is -0.775. The third kappa shape index (κ3) is 2.40. The molecule has 2 aromatic heterocycles. The molecule has 0 bridgehead atoms. The quantitative estimate of drug-likeness (QED) is 0.761. The molecule has 0 radical (unpaired) electrons. The highest BCUT2D eigenvalue weighted by Gasteiger charge is 2.07. The molecule has 100 valence electrons. The zero-order chi connectivity index (χ0) is 13.9. The van der Waals surface area contributed by atoms with Gasteiger partial charge in [-0.3, -0.25) is 9.78 Å². The molecule has 2 heterocycles. The lowest BCUT2D eigenvalue weighted by Gasteiger charge is -2.02. The number of nitrogens with one attached hydrogen (secondary N) is 1. The maximum absolute atomic E-state index is 10.7. The van der Waals surface area contributed by atoms with Crippen molar-refractivity contribution in [1.29, 1.82) is 0 Å². The molecule has 2 N–H and O–H groups in total. The van der Waals surface area contributed by atoms with Gasteiger partial charge in [0.1, 0.15) is 0 Å². The number of carboxylic acid groups (broad SMARTS) is 1. The standard InChI is InChI=1S/C16H14N2O2/c19-16(20)6-4-13-10-18-15-5-3-11(8-14(13)15)12-2-1-7-17-9-12/h1-3,5,7-10,18H,4,6H2,(H,19,20). The van der Waals surface area contributed by atoms with Gasteiger partial charge in [0.15, 0.2) is 0 Å². The number of aliphatic carboxylic acids is 1. The van der Waals surface area contributed by atoms with Crippen LogP contribution in [0.25, 0.3) is 22.0 Å².